The van der Waals surface area contributed by atoms with Crippen molar-refractivity contribution in [2.45, 2.75) is 19.8 Å². The van der Waals surface area contributed by atoms with E-state index in [0.29, 0.717) is 24.9 Å². The lowest BCUT2D eigenvalue weighted by atomic mass is 9.98. The number of amides is 2. The van der Waals surface area contributed by atoms with E-state index in [1.165, 1.54) is 24.1 Å². The van der Waals surface area contributed by atoms with Crippen LogP contribution in [0.15, 0.2) is 18.2 Å². The number of carbonyl (C=O) groups is 3. The molecule has 140 valence electrons. The van der Waals surface area contributed by atoms with Crippen LogP contribution in [0, 0.1) is 23.0 Å². The third-order valence-electron chi connectivity index (χ3n) is 4.50. The molecular formula is C17H21N3O6. The van der Waals surface area contributed by atoms with E-state index in [0.717, 1.165) is 4.90 Å². The molecule has 2 rings (SSSR count). The Hall–Kier alpha value is -2.97. The van der Waals surface area contributed by atoms with Crippen LogP contribution in [-0.4, -0.2) is 64.3 Å². The predicted molar refractivity (Wildman–Crippen MR) is 91.7 cm³/mol. The molecule has 1 aromatic carbocycles. The van der Waals surface area contributed by atoms with Crippen molar-refractivity contribution in [1.82, 2.24) is 9.80 Å². The van der Waals surface area contributed by atoms with Crippen LogP contribution in [0.5, 0.6) is 0 Å². The van der Waals surface area contributed by atoms with Crippen LogP contribution in [0.2, 0.25) is 0 Å². The predicted octanol–water partition coefficient (Wildman–Crippen LogP) is 1.30. The van der Waals surface area contributed by atoms with Gasteiger partial charge in [-0.15, -0.1) is 0 Å². The second-order valence-electron chi connectivity index (χ2n) is 6.40. The van der Waals surface area contributed by atoms with E-state index in [-0.39, 0.29) is 30.2 Å². The molecule has 9 nitrogen and oxygen atoms in total. The number of nitrogens with zero attached hydrogens (tertiary/aromatic N) is 3. The summed E-state index contributed by atoms with van der Waals surface area (Å²) >= 11 is 0. The Morgan fingerprint density at radius 2 is 2.08 bits per heavy atom. The van der Waals surface area contributed by atoms with E-state index in [9.17, 15) is 24.5 Å². The van der Waals surface area contributed by atoms with Crippen molar-refractivity contribution in [1.29, 1.82) is 0 Å². The first-order valence-corrected chi connectivity index (χ1v) is 8.22. The molecule has 0 bridgehead atoms. The van der Waals surface area contributed by atoms with Gasteiger partial charge in [0.15, 0.2) is 0 Å². The fourth-order valence-corrected chi connectivity index (χ4v) is 3.05. The molecule has 0 radical (unpaired) electrons. The summed E-state index contributed by atoms with van der Waals surface area (Å²) in [6.07, 6.45) is 1.10. The van der Waals surface area contributed by atoms with Crippen LogP contribution in [0.3, 0.4) is 0 Å². The molecule has 1 aliphatic rings. The van der Waals surface area contributed by atoms with Gasteiger partial charge in [0.1, 0.15) is 5.56 Å². The summed E-state index contributed by atoms with van der Waals surface area (Å²) in [4.78, 5) is 49.3. The Morgan fingerprint density at radius 3 is 2.69 bits per heavy atom. The van der Waals surface area contributed by atoms with Crippen molar-refractivity contribution in [3.63, 3.8) is 0 Å². The number of aliphatic carboxylic acids is 1. The van der Waals surface area contributed by atoms with E-state index in [4.69, 9.17) is 5.11 Å². The molecule has 1 heterocycles. The van der Waals surface area contributed by atoms with Crippen LogP contribution < -0.4 is 0 Å². The number of hydrogen-bond donors (Lipinski definition) is 1. The van der Waals surface area contributed by atoms with Crippen molar-refractivity contribution in [3.05, 3.63) is 39.4 Å². The van der Waals surface area contributed by atoms with Crippen LogP contribution in [0.4, 0.5) is 5.69 Å². The van der Waals surface area contributed by atoms with Gasteiger partial charge in [0.05, 0.1) is 17.4 Å². The number of carboxylic acid groups (broad SMARTS) is 1. The van der Waals surface area contributed by atoms with Crippen molar-refractivity contribution in [2.75, 3.05) is 26.7 Å². The molecule has 26 heavy (non-hydrogen) atoms. The average molecular weight is 363 g/mol. The number of likely N-dealkylation sites (tertiary alicyclic amines) is 1. The maximum Gasteiger partial charge on any atom is 0.308 e. The van der Waals surface area contributed by atoms with Gasteiger partial charge in [-0.05, 0) is 25.3 Å². The van der Waals surface area contributed by atoms with Crippen molar-refractivity contribution in [3.8, 4) is 0 Å². The van der Waals surface area contributed by atoms with Gasteiger partial charge >= 0.3 is 5.97 Å². The van der Waals surface area contributed by atoms with Gasteiger partial charge in [-0.1, -0.05) is 12.1 Å². The minimum atomic E-state index is -0.942. The number of nitro benzene ring substituents is 1. The van der Waals surface area contributed by atoms with Gasteiger partial charge in [-0.25, -0.2) is 0 Å². The first-order valence-electron chi connectivity index (χ1n) is 8.22. The standard InChI is InChI=1S/C17H21N3O6/c1-11-5-3-7-13(20(25)26)15(11)16(22)18(2)10-14(21)19-8-4-6-12(9-19)17(23)24/h3,5,7,12H,4,6,8-10H2,1-2H3,(H,23,24). The summed E-state index contributed by atoms with van der Waals surface area (Å²) in [5.41, 5.74) is 0.0977. The fraction of sp³-hybridized carbons (Fsp3) is 0.471. The lowest BCUT2D eigenvalue weighted by Crippen LogP contribution is -2.47. The maximum atomic E-state index is 12.6. The summed E-state index contributed by atoms with van der Waals surface area (Å²) in [6.45, 7) is 1.88. The Morgan fingerprint density at radius 1 is 1.38 bits per heavy atom. The molecule has 1 aromatic rings. The number of nitro groups is 1. The molecule has 1 atom stereocenters. The molecule has 0 aromatic heterocycles. The Bertz CT molecular complexity index is 748. The number of aryl methyl sites for hydroxylation is 1. The zero-order valence-electron chi connectivity index (χ0n) is 14.7. The Kier molecular flexibility index (Phi) is 5.91. The lowest BCUT2D eigenvalue weighted by Gasteiger charge is -2.32. The van der Waals surface area contributed by atoms with Gasteiger partial charge in [0, 0.05) is 26.2 Å². The van der Waals surface area contributed by atoms with Gasteiger partial charge < -0.3 is 14.9 Å². The quantitative estimate of drug-likeness (QED) is 0.622. The van der Waals surface area contributed by atoms with Crippen molar-refractivity contribution < 1.29 is 24.4 Å². The summed E-state index contributed by atoms with van der Waals surface area (Å²) < 4.78 is 0. The number of piperidine rings is 1. The maximum absolute atomic E-state index is 12.6. The minimum Gasteiger partial charge on any atom is -0.481 e. The number of likely N-dealkylation sites (N-methyl/N-ethyl adjacent to an activating group) is 1. The van der Waals surface area contributed by atoms with E-state index < -0.39 is 22.7 Å². The second kappa shape index (κ2) is 7.94. The van der Waals surface area contributed by atoms with Gasteiger partial charge in [-0.3, -0.25) is 24.5 Å². The molecule has 2 amide bonds. The summed E-state index contributed by atoms with van der Waals surface area (Å²) in [7, 11) is 1.40. The number of benzene rings is 1. The first-order chi connectivity index (χ1) is 12.2. The zero-order valence-corrected chi connectivity index (χ0v) is 14.7. The molecular weight excluding hydrogens is 342 g/mol. The zero-order chi connectivity index (χ0) is 19.4. The van der Waals surface area contributed by atoms with E-state index in [1.807, 2.05) is 0 Å². The highest BCUT2D eigenvalue weighted by molar-refractivity contribution is 6.01. The van der Waals surface area contributed by atoms with E-state index in [2.05, 4.69) is 0 Å². The average Bonchev–Trinajstić information content (AvgIpc) is 2.60. The molecule has 9 heteroatoms. The number of carboxylic acids is 1. The Balaban J connectivity index is 2.11. The lowest BCUT2D eigenvalue weighted by molar-refractivity contribution is -0.385. The van der Waals surface area contributed by atoms with Crippen LogP contribution >= 0.6 is 0 Å². The highest BCUT2D eigenvalue weighted by Crippen LogP contribution is 2.23. The molecule has 1 unspecified atom stereocenters. The second-order valence-corrected chi connectivity index (χ2v) is 6.40. The van der Waals surface area contributed by atoms with Gasteiger partial charge in [-0.2, -0.15) is 0 Å². The van der Waals surface area contributed by atoms with Crippen LogP contribution in [-0.2, 0) is 9.59 Å². The molecule has 1 saturated heterocycles. The van der Waals surface area contributed by atoms with Gasteiger partial charge in [0.25, 0.3) is 11.6 Å². The summed E-state index contributed by atoms with van der Waals surface area (Å²) in [5.74, 6) is -2.54. The summed E-state index contributed by atoms with van der Waals surface area (Å²) in [5, 5.41) is 20.3. The fourth-order valence-electron chi connectivity index (χ4n) is 3.05. The van der Waals surface area contributed by atoms with E-state index >= 15 is 0 Å². The van der Waals surface area contributed by atoms with E-state index in [1.54, 1.807) is 13.0 Å². The number of carbonyl (C=O) groups excluding carboxylic acids is 2. The molecule has 0 aliphatic carbocycles. The molecule has 1 aliphatic heterocycles. The molecule has 1 fully saturated rings. The highest BCUT2D eigenvalue weighted by Gasteiger charge is 2.30. The van der Waals surface area contributed by atoms with Crippen molar-refractivity contribution in [2.24, 2.45) is 5.92 Å². The van der Waals surface area contributed by atoms with Gasteiger partial charge in [0.2, 0.25) is 5.91 Å². The monoisotopic (exact) mass is 363 g/mol. The summed E-state index contributed by atoms with van der Waals surface area (Å²) in [6, 6.07) is 4.34. The molecule has 1 N–H and O–H groups in total. The normalized spacial score (nSPS) is 16.8. The highest BCUT2D eigenvalue weighted by atomic mass is 16.6. The third kappa shape index (κ3) is 4.16. The molecule has 0 saturated carbocycles. The number of rotatable bonds is 5. The number of hydrogen-bond acceptors (Lipinski definition) is 5. The largest absolute Gasteiger partial charge is 0.481 e. The Labute approximate surface area is 150 Å². The van der Waals surface area contributed by atoms with Crippen LogP contribution in [0.1, 0.15) is 28.8 Å². The smallest absolute Gasteiger partial charge is 0.308 e. The SMILES string of the molecule is Cc1cccc([N+](=O)[O-])c1C(=O)N(C)CC(=O)N1CCCC(C(=O)O)C1. The first kappa shape index (κ1) is 19.4. The van der Waals surface area contributed by atoms with Crippen molar-refractivity contribution >= 4 is 23.5 Å². The topological polar surface area (TPSA) is 121 Å². The third-order valence-corrected chi connectivity index (χ3v) is 4.50. The minimum absolute atomic E-state index is 0.0464. The molecule has 0 spiro atoms. The van der Waals surface area contributed by atoms with Crippen LogP contribution in [0.25, 0.3) is 0 Å².